The van der Waals surface area contributed by atoms with Crippen LogP contribution in [0.1, 0.15) is 36.5 Å². The molecule has 2 aromatic carbocycles. The summed E-state index contributed by atoms with van der Waals surface area (Å²) in [5.41, 5.74) is 7.66. The molecular formula is C22H21ClN2O5. The van der Waals surface area contributed by atoms with Crippen LogP contribution in [0.4, 0.5) is 0 Å². The van der Waals surface area contributed by atoms with E-state index in [1.165, 1.54) is 18.7 Å². The molecule has 0 aliphatic carbocycles. The number of benzene rings is 2. The van der Waals surface area contributed by atoms with Crippen molar-refractivity contribution in [2.24, 2.45) is 10.7 Å². The summed E-state index contributed by atoms with van der Waals surface area (Å²) in [4.78, 5) is 27.5. The molecule has 1 heterocycles. The Hall–Kier alpha value is -3.32. The van der Waals surface area contributed by atoms with Crippen LogP contribution in [0.3, 0.4) is 0 Å². The predicted octanol–water partition coefficient (Wildman–Crippen LogP) is 3.68. The van der Waals surface area contributed by atoms with Crippen LogP contribution in [0.5, 0.6) is 11.5 Å². The third-order valence-corrected chi connectivity index (χ3v) is 4.64. The van der Waals surface area contributed by atoms with E-state index in [9.17, 15) is 9.59 Å². The molecule has 1 aliphatic rings. The number of nitrogens with zero attached hydrogens (tertiary/aromatic N) is 1. The van der Waals surface area contributed by atoms with E-state index in [1.807, 2.05) is 24.3 Å². The number of methoxy groups -OCH3 is 1. The van der Waals surface area contributed by atoms with Crippen LogP contribution >= 0.6 is 11.6 Å². The van der Waals surface area contributed by atoms with Crippen LogP contribution in [0.2, 0.25) is 5.02 Å². The Morgan fingerprint density at radius 2 is 1.97 bits per heavy atom. The Morgan fingerprint density at radius 3 is 2.57 bits per heavy atom. The first kappa shape index (κ1) is 21.4. The highest BCUT2D eigenvalue weighted by molar-refractivity contribution is 6.32. The van der Waals surface area contributed by atoms with Crippen LogP contribution in [0.15, 0.2) is 47.1 Å². The first-order valence-electron chi connectivity index (χ1n) is 9.20. The third kappa shape index (κ3) is 4.80. The van der Waals surface area contributed by atoms with E-state index in [4.69, 9.17) is 31.5 Å². The number of rotatable bonds is 7. The van der Waals surface area contributed by atoms with Gasteiger partial charge in [-0.25, -0.2) is 9.79 Å². The summed E-state index contributed by atoms with van der Waals surface area (Å²) in [6.07, 6.45) is 1.53. The number of carbonyl (C=O) groups excluding carboxylic acids is 2. The molecule has 0 spiro atoms. The number of amides is 1. The fourth-order valence-electron chi connectivity index (χ4n) is 2.81. The van der Waals surface area contributed by atoms with Crippen molar-refractivity contribution in [3.8, 4) is 11.5 Å². The maximum absolute atomic E-state index is 12.3. The minimum absolute atomic E-state index is 0.127. The van der Waals surface area contributed by atoms with Gasteiger partial charge in [0.05, 0.1) is 12.1 Å². The van der Waals surface area contributed by atoms with Gasteiger partial charge in [0.15, 0.2) is 23.8 Å². The van der Waals surface area contributed by atoms with Gasteiger partial charge in [-0.3, -0.25) is 4.79 Å². The third-order valence-electron chi connectivity index (χ3n) is 4.36. The molecule has 7 nitrogen and oxygen atoms in total. The Balaban J connectivity index is 1.89. The highest BCUT2D eigenvalue weighted by Crippen LogP contribution is 2.37. The molecule has 30 heavy (non-hydrogen) atoms. The number of esters is 1. The summed E-state index contributed by atoms with van der Waals surface area (Å²) in [7, 11) is 1.43. The minimum atomic E-state index is -0.642. The second-order valence-corrected chi connectivity index (χ2v) is 7.31. The maximum atomic E-state index is 12.3. The summed E-state index contributed by atoms with van der Waals surface area (Å²) in [6, 6.07) is 10.9. The lowest BCUT2D eigenvalue weighted by Crippen LogP contribution is -2.20. The number of nitrogens with two attached hydrogens (primary N) is 1. The minimum Gasteiger partial charge on any atom is -0.493 e. The number of halogens is 1. The topological polar surface area (TPSA) is 100 Å². The molecule has 156 valence electrons. The Labute approximate surface area is 179 Å². The van der Waals surface area contributed by atoms with Crippen LogP contribution in [0.25, 0.3) is 6.08 Å². The molecule has 2 aromatic rings. The summed E-state index contributed by atoms with van der Waals surface area (Å²) >= 11 is 6.25. The normalized spacial score (nSPS) is 14.6. The summed E-state index contributed by atoms with van der Waals surface area (Å²) in [6.45, 7) is 3.87. The zero-order chi connectivity index (χ0) is 21.8. The number of ether oxygens (including phenoxy) is 3. The number of cyclic esters (lactones) is 1. The molecule has 0 unspecified atom stereocenters. The maximum Gasteiger partial charge on any atom is 0.363 e. The Kier molecular flexibility index (Phi) is 6.42. The molecule has 2 N–H and O–H groups in total. The number of hydrogen-bond acceptors (Lipinski definition) is 6. The molecule has 1 aliphatic heterocycles. The number of aliphatic imine (C=N–C) groups is 1. The van der Waals surface area contributed by atoms with E-state index < -0.39 is 11.9 Å². The molecule has 1 amide bonds. The van der Waals surface area contributed by atoms with Crippen LogP contribution < -0.4 is 15.2 Å². The van der Waals surface area contributed by atoms with E-state index in [2.05, 4.69) is 18.8 Å². The van der Waals surface area contributed by atoms with Gasteiger partial charge >= 0.3 is 5.97 Å². The van der Waals surface area contributed by atoms with Crippen molar-refractivity contribution >= 4 is 35.5 Å². The molecule has 0 atom stereocenters. The van der Waals surface area contributed by atoms with Gasteiger partial charge in [0.25, 0.3) is 5.91 Å². The first-order chi connectivity index (χ1) is 14.3. The molecular weight excluding hydrogens is 408 g/mol. The first-order valence-corrected chi connectivity index (χ1v) is 9.57. The van der Waals surface area contributed by atoms with E-state index >= 15 is 0 Å². The number of carbonyl (C=O) groups is 2. The van der Waals surface area contributed by atoms with E-state index in [0.29, 0.717) is 17.0 Å². The van der Waals surface area contributed by atoms with Crippen molar-refractivity contribution in [3.63, 3.8) is 0 Å². The highest BCUT2D eigenvalue weighted by Gasteiger charge is 2.24. The molecule has 0 radical (unpaired) electrons. The summed E-state index contributed by atoms with van der Waals surface area (Å²) in [5, 5.41) is 0.197. The van der Waals surface area contributed by atoms with Crippen LogP contribution in [-0.2, 0) is 14.3 Å². The van der Waals surface area contributed by atoms with Crippen molar-refractivity contribution in [2.75, 3.05) is 13.7 Å². The van der Waals surface area contributed by atoms with E-state index in [0.717, 1.165) is 0 Å². The average Bonchev–Trinajstić information content (AvgIpc) is 3.07. The van der Waals surface area contributed by atoms with Crippen LogP contribution in [0, 0.1) is 0 Å². The SMILES string of the molecule is COc1cc(/C=C2/N=C(c3ccc(C(C)C)cc3)OC2=O)cc(Cl)c1OCC(N)=O. The molecule has 0 bridgehead atoms. The summed E-state index contributed by atoms with van der Waals surface area (Å²) < 4.78 is 15.9. The monoisotopic (exact) mass is 428 g/mol. The number of hydrogen-bond donors (Lipinski definition) is 1. The van der Waals surface area contributed by atoms with E-state index in [1.54, 1.807) is 12.1 Å². The quantitative estimate of drug-likeness (QED) is 0.535. The smallest absolute Gasteiger partial charge is 0.363 e. The largest absolute Gasteiger partial charge is 0.493 e. The summed E-state index contributed by atoms with van der Waals surface area (Å²) in [5.74, 6) is -0.101. The fraction of sp³-hybridized carbons (Fsp3) is 0.227. The second-order valence-electron chi connectivity index (χ2n) is 6.90. The van der Waals surface area contributed by atoms with Gasteiger partial charge < -0.3 is 19.9 Å². The fourth-order valence-corrected chi connectivity index (χ4v) is 3.08. The Bertz CT molecular complexity index is 1040. The van der Waals surface area contributed by atoms with Gasteiger partial charge in [0, 0.05) is 5.56 Å². The van der Waals surface area contributed by atoms with Crippen LogP contribution in [-0.4, -0.2) is 31.5 Å². The zero-order valence-electron chi connectivity index (χ0n) is 16.8. The van der Waals surface area contributed by atoms with E-state index in [-0.39, 0.29) is 34.7 Å². The van der Waals surface area contributed by atoms with Gasteiger partial charge in [-0.1, -0.05) is 37.6 Å². The molecule has 3 rings (SSSR count). The average molecular weight is 429 g/mol. The standard InChI is InChI=1S/C22H21ClN2O5/c1-12(2)14-4-6-15(7-5-14)21-25-17(22(27)30-21)9-13-8-16(23)20(18(10-13)28-3)29-11-19(24)26/h4-10,12H,11H2,1-3H3,(H2,24,26)/b17-9+. The van der Waals surface area contributed by atoms with Gasteiger partial charge in [-0.05, 0) is 47.4 Å². The lowest BCUT2D eigenvalue weighted by molar-refractivity contribution is -0.130. The second kappa shape index (κ2) is 9.00. The highest BCUT2D eigenvalue weighted by atomic mass is 35.5. The lowest BCUT2D eigenvalue weighted by Gasteiger charge is -2.12. The van der Waals surface area contributed by atoms with Crippen molar-refractivity contribution < 1.29 is 23.8 Å². The van der Waals surface area contributed by atoms with Gasteiger partial charge in [-0.2, -0.15) is 0 Å². The predicted molar refractivity (Wildman–Crippen MR) is 114 cm³/mol. The lowest BCUT2D eigenvalue weighted by atomic mass is 10.0. The van der Waals surface area contributed by atoms with Gasteiger partial charge in [0.2, 0.25) is 5.90 Å². The molecule has 0 saturated heterocycles. The molecule has 0 fully saturated rings. The Morgan fingerprint density at radius 1 is 1.27 bits per heavy atom. The van der Waals surface area contributed by atoms with Crippen molar-refractivity contribution in [3.05, 3.63) is 63.8 Å². The van der Waals surface area contributed by atoms with Gasteiger partial charge in [-0.15, -0.1) is 0 Å². The van der Waals surface area contributed by atoms with Crippen molar-refractivity contribution in [1.82, 2.24) is 0 Å². The molecule has 8 heteroatoms. The van der Waals surface area contributed by atoms with Crippen molar-refractivity contribution in [2.45, 2.75) is 19.8 Å². The number of primary amides is 1. The molecule has 0 saturated carbocycles. The zero-order valence-corrected chi connectivity index (χ0v) is 17.5. The molecule has 0 aromatic heterocycles. The van der Waals surface area contributed by atoms with Crippen molar-refractivity contribution in [1.29, 1.82) is 0 Å². The van der Waals surface area contributed by atoms with Gasteiger partial charge in [0.1, 0.15) is 0 Å².